The maximum atomic E-state index is 12.2. The molecular weight excluding hydrogens is 312 g/mol. The Hall–Kier alpha value is -1.63. The highest BCUT2D eigenvalue weighted by Crippen LogP contribution is 2.25. The molecule has 1 amide bonds. The zero-order valence-electron chi connectivity index (χ0n) is 12.7. The molecule has 0 spiro atoms. The number of carbonyl (C=O) groups is 2. The van der Waals surface area contributed by atoms with Gasteiger partial charge >= 0.3 is 5.97 Å². The van der Waals surface area contributed by atoms with Crippen LogP contribution in [0.15, 0.2) is 29.2 Å². The number of thioether (sulfide) groups is 1. The molecule has 1 atom stereocenters. The van der Waals surface area contributed by atoms with E-state index in [1.54, 1.807) is 6.92 Å². The van der Waals surface area contributed by atoms with E-state index in [9.17, 15) is 18.4 Å². The van der Waals surface area contributed by atoms with Crippen molar-refractivity contribution in [2.75, 3.05) is 7.11 Å². The van der Waals surface area contributed by atoms with Crippen LogP contribution in [0, 0.1) is 0 Å². The largest absolute Gasteiger partial charge is 0.467 e. The maximum absolute atomic E-state index is 12.2. The summed E-state index contributed by atoms with van der Waals surface area (Å²) in [6.45, 7) is 3.49. The monoisotopic (exact) mass is 331 g/mol. The van der Waals surface area contributed by atoms with Crippen molar-refractivity contribution in [3.63, 3.8) is 0 Å². The Morgan fingerprint density at radius 3 is 2.36 bits per heavy atom. The van der Waals surface area contributed by atoms with Gasteiger partial charge in [-0.25, -0.2) is 4.79 Å². The van der Waals surface area contributed by atoms with Crippen molar-refractivity contribution in [3.05, 3.63) is 29.8 Å². The van der Waals surface area contributed by atoms with Gasteiger partial charge in [0.1, 0.15) is 5.54 Å². The molecule has 0 bridgehead atoms. The molecule has 0 aromatic heterocycles. The van der Waals surface area contributed by atoms with E-state index in [4.69, 9.17) is 4.74 Å². The summed E-state index contributed by atoms with van der Waals surface area (Å²) >= 11 is 0.409. The molecule has 4 nitrogen and oxygen atoms in total. The lowest BCUT2D eigenvalue weighted by molar-refractivity contribution is -0.147. The van der Waals surface area contributed by atoms with E-state index >= 15 is 0 Å². The van der Waals surface area contributed by atoms with Crippen LogP contribution in [0.4, 0.5) is 8.78 Å². The van der Waals surface area contributed by atoms with Crippen LogP contribution in [0.2, 0.25) is 0 Å². The third-order valence-electron chi connectivity index (χ3n) is 3.12. The third-order valence-corrected chi connectivity index (χ3v) is 3.84. The summed E-state index contributed by atoms with van der Waals surface area (Å²) in [5, 5.41) is 2.65. The number of esters is 1. The molecule has 1 rings (SSSR count). The fraction of sp³-hybridized carbons (Fsp3) is 0.467. The van der Waals surface area contributed by atoms with Gasteiger partial charge in [-0.1, -0.05) is 25.1 Å². The topological polar surface area (TPSA) is 55.4 Å². The summed E-state index contributed by atoms with van der Waals surface area (Å²) in [6, 6.07) is 5.79. The van der Waals surface area contributed by atoms with Gasteiger partial charge in [0.25, 0.3) is 11.7 Å². The standard InChI is InChI=1S/C15H19F2NO3S/c1-4-9-15(2,13(20)21-3)18-12(19)10-5-7-11(8-6-10)22-14(16)17/h5-8,14H,4,9H2,1-3H3,(H,18,19). The molecule has 0 saturated heterocycles. The molecular formula is C15H19F2NO3S. The number of ether oxygens (including phenoxy) is 1. The van der Waals surface area contributed by atoms with Gasteiger partial charge in [0.05, 0.1) is 7.11 Å². The molecule has 0 aliphatic carbocycles. The lowest BCUT2D eigenvalue weighted by Gasteiger charge is -2.27. The summed E-state index contributed by atoms with van der Waals surface area (Å²) in [7, 11) is 1.26. The second kappa shape index (κ2) is 8.12. The minimum absolute atomic E-state index is 0.296. The zero-order valence-corrected chi connectivity index (χ0v) is 13.5. The van der Waals surface area contributed by atoms with Crippen molar-refractivity contribution in [3.8, 4) is 0 Å². The molecule has 1 aromatic rings. The van der Waals surface area contributed by atoms with Crippen molar-refractivity contribution in [2.24, 2.45) is 0 Å². The van der Waals surface area contributed by atoms with E-state index in [1.165, 1.54) is 31.4 Å². The van der Waals surface area contributed by atoms with Crippen molar-refractivity contribution in [1.29, 1.82) is 0 Å². The number of methoxy groups -OCH3 is 1. The van der Waals surface area contributed by atoms with Crippen LogP contribution < -0.4 is 5.32 Å². The number of benzene rings is 1. The number of halogens is 2. The van der Waals surface area contributed by atoms with E-state index in [-0.39, 0.29) is 0 Å². The van der Waals surface area contributed by atoms with Gasteiger partial charge in [-0.2, -0.15) is 8.78 Å². The molecule has 0 saturated carbocycles. The van der Waals surface area contributed by atoms with Crippen LogP contribution in [-0.4, -0.2) is 30.3 Å². The quantitative estimate of drug-likeness (QED) is 0.614. The fourth-order valence-corrected chi connectivity index (χ4v) is 2.55. The summed E-state index contributed by atoms with van der Waals surface area (Å²) < 4.78 is 29.2. The van der Waals surface area contributed by atoms with Crippen molar-refractivity contribution >= 4 is 23.6 Å². The molecule has 1 N–H and O–H groups in total. The lowest BCUT2D eigenvalue weighted by atomic mass is 9.95. The Kier molecular flexibility index (Phi) is 6.80. The summed E-state index contributed by atoms with van der Waals surface area (Å²) in [5.74, 6) is -3.48. The Labute approximate surface area is 132 Å². The van der Waals surface area contributed by atoms with Gasteiger partial charge in [-0.05, 0) is 37.6 Å². The van der Waals surface area contributed by atoms with Gasteiger partial charge in [0.15, 0.2) is 0 Å². The number of hydrogen-bond donors (Lipinski definition) is 1. The van der Waals surface area contributed by atoms with Crippen molar-refractivity contribution in [1.82, 2.24) is 5.32 Å². The minimum atomic E-state index is -2.51. The van der Waals surface area contributed by atoms with Crippen LogP contribution in [0.25, 0.3) is 0 Å². The second-order valence-corrected chi connectivity index (χ2v) is 5.99. The smallest absolute Gasteiger partial charge is 0.331 e. The highest BCUT2D eigenvalue weighted by atomic mass is 32.2. The molecule has 0 radical (unpaired) electrons. The molecule has 7 heteroatoms. The van der Waals surface area contributed by atoms with Gasteiger partial charge in [-0.3, -0.25) is 4.79 Å². The predicted octanol–water partition coefficient (Wildman–Crippen LogP) is 3.46. The van der Waals surface area contributed by atoms with Gasteiger partial charge in [0.2, 0.25) is 0 Å². The molecule has 22 heavy (non-hydrogen) atoms. The van der Waals surface area contributed by atoms with Crippen LogP contribution in [-0.2, 0) is 9.53 Å². The number of alkyl halides is 2. The average Bonchev–Trinajstić information content (AvgIpc) is 2.46. The van der Waals surface area contributed by atoms with Gasteiger partial charge in [-0.15, -0.1) is 0 Å². The first-order valence-electron chi connectivity index (χ1n) is 6.78. The van der Waals surface area contributed by atoms with Gasteiger partial charge < -0.3 is 10.1 Å². The predicted molar refractivity (Wildman–Crippen MR) is 81.1 cm³/mol. The first-order chi connectivity index (χ1) is 10.3. The first-order valence-corrected chi connectivity index (χ1v) is 7.66. The van der Waals surface area contributed by atoms with Crippen LogP contribution in [0.1, 0.15) is 37.0 Å². The molecule has 0 fully saturated rings. The summed E-state index contributed by atoms with van der Waals surface area (Å²) in [6.07, 6.45) is 1.13. The Morgan fingerprint density at radius 1 is 1.32 bits per heavy atom. The highest BCUT2D eigenvalue weighted by Gasteiger charge is 2.35. The van der Waals surface area contributed by atoms with Gasteiger partial charge in [0, 0.05) is 10.5 Å². The van der Waals surface area contributed by atoms with Crippen LogP contribution >= 0.6 is 11.8 Å². The van der Waals surface area contributed by atoms with E-state index in [2.05, 4.69) is 5.32 Å². The minimum Gasteiger partial charge on any atom is -0.467 e. The van der Waals surface area contributed by atoms with Crippen LogP contribution in [0.3, 0.4) is 0 Å². The normalized spacial score (nSPS) is 13.5. The van der Waals surface area contributed by atoms with Crippen LogP contribution in [0.5, 0.6) is 0 Å². The Morgan fingerprint density at radius 2 is 1.91 bits per heavy atom. The Balaban J connectivity index is 2.84. The molecule has 1 unspecified atom stereocenters. The lowest BCUT2D eigenvalue weighted by Crippen LogP contribution is -2.52. The molecule has 0 aliphatic heterocycles. The van der Waals surface area contributed by atoms with E-state index in [0.717, 1.165) is 0 Å². The van der Waals surface area contributed by atoms with Crippen molar-refractivity contribution < 1.29 is 23.1 Å². The number of carbonyl (C=O) groups excluding carboxylic acids is 2. The molecule has 0 aliphatic rings. The molecule has 1 aromatic carbocycles. The van der Waals surface area contributed by atoms with E-state index in [0.29, 0.717) is 35.1 Å². The fourth-order valence-electron chi connectivity index (χ4n) is 2.05. The van der Waals surface area contributed by atoms with E-state index < -0.39 is 23.2 Å². The SMILES string of the molecule is CCCC(C)(NC(=O)c1ccc(SC(F)F)cc1)C(=O)OC. The third kappa shape index (κ3) is 4.98. The summed E-state index contributed by atoms with van der Waals surface area (Å²) in [4.78, 5) is 24.4. The van der Waals surface area contributed by atoms with E-state index in [1.807, 2.05) is 6.92 Å². The number of amides is 1. The van der Waals surface area contributed by atoms with Crippen molar-refractivity contribution in [2.45, 2.75) is 42.9 Å². The second-order valence-electron chi connectivity index (χ2n) is 4.93. The number of rotatable bonds is 7. The Bertz CT molecular complexity index is 522. The number of nitrogens with one attached hydrogen (secondary N) is 1. The molecule has 0 heterocycles. The zero-order chi connectivity index (χ0) is 16.8. The first kappa shape index (κ1) is 18.4. The summed E-state index contributed by atoms with van der Waals surface area (Å²) in [5.41, 5.74) is -0.818. The average molecular weight is 331 g/mol. The maximum Gasteiger partial charge on any atom is 0.331 e. The number of hydrogen-bond acceptors (Lipinski definition) is 4. The highest BCUT2D eigenvalue weighted by molar-refractivity contribution is 7.99. The molecule has 122 valence electrons.